The Balaban J connectivity index is 2.85. The minimum absolute atomic E-state index is 0.171. The van der Waals surface area contributed by atoms with Gasteiger partial charge in [-0.3, -0.25) is 14.5 Å². The van der Waals surface area contributed by atoms with E-state index in [0.29, 0.717) is 0 Å². The van der Waals surface area contributed by atoms with Gasteiger partial charge in [-0.2, -0.15) is 0 Å². The van der Waals surface area contributed by atoms with Crippen molar-refractivity contribution < 1.29 is 19.4 Å². The van der Waals surface area contributed by atoms with Gasteiger partial charge in [-0.05, 0) is 0 Å². The lowest BCUT2D eigenvalue weighted by Crippen LogP contribution is -2.46. The third-order valence-corrected chi connectivity index (χ3v) is 2.59. The standard InChI is InChI=1S/C10H17NO4/c1-10(2)4-8(13)11(9(10)14)7(5-12)6-15-3/h7,12H,4-6H2,1-3H3. The molecule has 0 radical (unpaired) electrons. The maximum atomic E-state index is 11.9. The summed E-state index contributed by atoms with van der Waals surface area (Å²) >= 11 is 0. The fourth-order valence-electron chi connectivity index (χ4n) is 1.75. The lowest BCUT2D eigenvalue weighted by atomic mass is 9.92. The van der Waals surface area contributed by atoms with Gasteiger partial charge in [0.05, 0.1) is 24.7 Å². The van der Waals surface area contributed by atoms with E-state index in [1.165, 1.54) is 7.11 Å². The number of hydrogen-bond donors (Lipinski definition) is 1. The van der Waals surface area contributed by atoms with Gasteiger partial charge in [-0.1, -0.05) is 13.8 Å². The smallest absolute Gasteiger partial charge is 0.235 e. The summed E-state index contributed by atoms with van der Waals surface area (Å²) in [6.07, 6.45) is 0.200. The van der Waals surface area contributed by atoms with Crippen molar-refractivity contribution in [2.45, 2.75) is 26.3 Å². The SMILES string of the molecule is COCC(CO)N1C(=O)CC(C)(C)C1=O. The number of rotatable bonds is 4. The normalized spacial score (nSPS) is 22.3. The minimum atomic E-state index is -0.655. The Hall–Kier alpha value is -0.940. The molecule has 0 aromatic heterocycles. The predicted octanol–water partition coefficient (Wildman–Crippen LogP) is -0.221. The van der Waals surface area contributed by atoms with Gasteiger partial charge in [-0.15, -0.1) is 0 Å². The average Bonchev–Trinajstić information content (AvgIpc) is 2.34. The minimum Gasteiger partial charge on any atom is -0.394 e. The molecule has 1 N–H and O–H groups in total. The van der Waals surface area contributed by atoms with E-state index in [9.17, 15) is 9.59 Å². The van der Waals surface area contributed by atoms with E-state index in [4.69, 9.17) is 9.84 Å². The highest BCUT2D eigenvalue weighted by Gasteiger charge is 2.47. The zero-order valence-corrected chi connectivity index (χ0v) is 9.32. The number of carbonyl (C=O) groups excluding carboxylic acids is 2. The van der Waals surface area contributed by atoms with Crippen molar-refractivity contribution >= 4 is 11.8 Å². The first-order chi connectivity index (χ1) is 6.94. The molecule has 0 bridgehead atoms. The molecule has 15 heavy (non-hydrogen) atoms. The number of imide groups is 1. The zero-order chi connectivity index (χ0) is 11.6. The molecule has 1 heterocycles. The quantitative estimate of drug-likeness (QED) is 0.658. The fraction of sp³-hybridized carbons (Fsp3) is 0.800. The Morgan fingerprint density at radius 3 is 2.47 bits per heavy atom. The number of aliphatic hydroxyl groups excluding tert-OH is 1. The largest absolute Gasteiger partial charge is 0.394 e. The van der Waals surface area contributed by atoms with E-state index in [-0.39, 0.29) is 31.4 Å². The summed E-state index contributed by atoms with van der Waals surface area (Å²) in [4.78, 5) is 24.6. The highest BCUT2D eigenvalue weighted by Crippen LogP contribution is 2.32. The van der Waals surface area contributed by atoms with E-state index in [0.717, 1.165) is 4.90 Å². The first-order valence-corrected chi connectivity index (χ1v) is 4.90. The highest BCUT2D eigenvalue weighted by atomic mass is 16.5. The monoisotopic (exact) mass is 215 g/mol. The van der Waals surface area contributed by atoms with Crippen LogP contribution in [0.25, 0.3) is 0 Å². The second kappa shape index (κ2) is 4.28. The second-order valence-corrected chi connectivity index (χ2v) is 4.42. The lowest BCUT2D eigenvalue weighted by molar-refractivity contribution is -0.146. The Morgan fingerprint density at radius 1 is 1.53 bits per heavy atom. The van der Waals surface area contributed by atoms with Crippen LogP contribution in [-0.4, -0.2) is 48.2 Å². The van der Waals surface area contributed by atoms with Crippen LogP contribution in [0.5, 0.6) is 0 Å². The number of carbonyl (C=O) groups is 2. The Labute approximate surface area is 89.0 Å². The number of ether oxygens (including phenoxy) is 1. The van der Waals surface area contributed by atoms with E-state index in [1.54, 1.807) is 13.8 Å². The van der Waals surface area contributed by atoms with E-state index in [2.05, 4.69) is 0 Å². The molecule has 1 atom stereocenters. The molecule has 5 heteroatoms. The molecule has 1 aliphatic rings. The molecule has 86 valence electrons. The van der Waals surface area contributed by atoms with Crippen molar-refractivity contribution in [1.29, 1.82) is 0 Å². The molecule has 0 spiro atoms. The van der Waals surface area contributed by atoms with Crippen molar-refractivity contribution in [3.8, 4) is 0 Å². The van der Waals surface area contributed by atoms with Crippen molar-refractivity contribution in [1.82, 2.24) is 4.90 Å². The summed E-state index contributed by atoms with van der Waals surface area (Å²) in [5.41, 5.74) is -0.655. The van der Waals surface area contributed by atoms with Gasteiger partial charge in [0, 0.05) is 13.5 Å². The third kappa shape index (κ3) is 2.18. The van der Waals surface area contributed by atoms with Crippen LogP contribution in [-0.2, 0) is 14.3 Å². The van der Waals surface area contributed by atoms with Crippen molar-refractivity contribution in [3.05, 3.63) is 0 Å². The van der Waals surface area contributed by atoms with Crippen molar-refractivity contribution in [3.63, 3.8) is 0 Å². The van der Waals surface area contributed by atoms with Gasteiger partial charge in [0.15, 0.2) is 0 Å². The van der Waals surface area contributed by atoms with Crippen LogP contribution in [0.2, 0.25) is 0 Å². The number of amides is 2. The molecule has 0 saturated carbocycles. The van der Waals surface area contributed by atoms with Crippen LogP contribution in [0.4, 0.5) is 0 Å². The zero-order valence-electron chi connectivity index (χ0n) is 9.32. The number of hydrogen-bond acceptors (Lipinski definition) is 4. The van der Waals surface area contributed by atoms with E-state index < -0.39 is 11.5 Å². The number of likely N-dealkylation sites (tertiary alicyclic amines) is 1. The summed E-state index contributed by atoms with van der Waals surface area (Å²) in [7, 11) is 1.47. The predicted molar refractivity (Wildman–Crippen MR) is 53.0 cm³/mol. The first-order valence-electron chi connectivity index (χ1n) is 4.90. The van der Waals surface area contributed by atoms with Gasteiger partial charge >= 0.3 is 0 Å². The van der Waals surface area contributed by atoms with Gasteiger partial charge in [0.2, 0.25) is 11.8 Å². The molecule has 2 amide bonds. The van der Waals surface area contributed by atoms with Crippen LogP contribution in [0, 0.1) is 5.41 Å². The summed E-state index contributed by atoms with van der Waals surface area (Å²) < 4.78 is 4.87. The molecule has 1 unspecified atom stereocenters. The Morgan fingerprint density at radius 2 is 2.13 bits per heavy atom. The fourth-order valence-corrected chi connectivity index (χ4v) is 1.75. The summed E-state index contributed by atoms with van der Waals surface area (Å²) in [5.74, 6) is -0.468. The number of aliphatic hydroxyl groups is 1. The Kier molecular flexibility index (Phi) is 3.46. The maximum absolute atomic E-state index is 11.9. The maximum Gasteiger partial charge on any atom is 0.235 e. The lowest BCUT2D eigenvalue weighted by Gasteiger charge is -2.25. The number of methoxy groups -OCH3 is 1. The molecule has 1 saturated heterocycles. The summed E-state index contributed by atoms with van der Waals surface area (Å²) in [6.45, 7) is 3.37. The summed E-state index contributed by atoms with van der Waals surface area (Å²) in [5, 5.41) is 9.10. The molecule has 1 aliphatic heterocycles. The van der Waals surface area contributed by atoms with Crippen LogP contribution >= 0.6 is 0 Å². The van der Waals surface area contributed by atoms with Crippen LogP contribution < -0.4 is 0 Å². The third-order valence-electron chi connectivity index (χ3n) is 2.59. The van der Waals surface area contributed by atoms with Gasteiger partial charge in [-0.25, -0.2) is 0 Å². The molecule has 5 nitrogen and oxygen atoms in total. The molecule has 0 aromatic carbocycles. The summed E-state index contributed by atoms with van der Waals surface area (Å²) in [6, 6.07) is -0.559. The topological polar surface area (TPSA) is 66.8 Å². The molecule has 1 fully saturated rings. The van der Waals surface area contributed by atoms with Crippen molar-refractivity contribution in [2.24, 2.45) is 5.41 Å². The molecule has 1 rings (SSSR count). The van der Waals surface area contributed by atoms with Crippen molar-refractivity contribution in [2.75, 3.05) is 20.3 Å². The molecule has 0 aliphatic carbocycles. The van der Waals surface area contributed by atoms with Gasteiger partial charge < -0.3 is 9.84 Å². The van der Waals surface area contributed by atoms with Crippen LogP contribution in [0.3, 0.4) is 0 Å². The number of nitrogens with zero attached hydrogens (tertiary/aromatic N) is 1. The van der Waals surface area contributed by atoms with Gasteiger partial charge in [0.25, 0.3) is 0 Å². The first kappa shape index (κ1) is 12.1. The molecule has 0 aromatic rings. The van der Waals surface area contributed by atoms with Gasteiger partial charge in [0.1, 0.15) is 0 Å². The van der Waals surface area contributed by atoms with Crippen LogP contribution in [0.15, 0.2) is 0 Å². The van der Waals surface area contributed by atoms with E-state index in [1.807, 2.05) is 0 Å². The van der Waals surface area contributed by atoms with Crippen LogP contribution in [0.1, 0.15) is 20.3 Å². The Bertz CT molecular complexity index is 275. The second-order valence-electron chi connectivity index (χ2n) is 4.42. The molecular formula is C10H17NO4. The molecular weight excluding hydrogens is 198 g/mol. The average molecular weight is 215 g/mol. The highest BCUT2D eigenvalue weighted by molar-refractivity contribution is 6.05. The van der Waals surface area contributed by atoms with E-state index >= 15 is 0 Å².